The van der Waals surface area contributed by atoms with Crippen LogP contribution in [0.5, 0.6) is 0 Å². The summed E-state index contributed by atoms with van der Waals surface area (Å²) in [6, 6.07) is 18.8. The van der Waals surface area contributed by atoms with E-state index in [1.165, 1.54) is 0 Å². The Balaban J connectivity index is 1.51. The fourth-order valence-corrected chi connectivity index (χ4v) is 2.62. The minimum absolute atomic E-state index is 0.102. The van der Waals surface area contributed by atoms with E-state index in [-0.39, 0.29) is 24.4 Å². The van der Waals surface area contributed by atoms with Gasteiger partial charge in [-0.05, 0) is 17.5 Å². The third-order valence-corrected chi connectivity index (χ3v) is 4.01. The zero-order chi connectivity index (χ0) is 16.8. The first kappa shape index (κ1) is 16.0. The molecule has 2 aromatic rings. The maximum absolute atomic E-state index is 12.1. The fraction of sp³-hybridized carbons (Fsp3) is 0.200. The number of benzene rings is 2. The summed E-state index contributed by atoms with van der Waals surface area (Å²) in [7, 11) is 0. The number of ether oxygens (including phenoxy) is 1. The van der Waals surface area contributed by atoms with E-state index in [1.54, 1.807) is 0 Å². The molecule has 1 N–H and O–H groups in total. The largest absolute Gasteiger partial charge is 0.459 e. The first-order valence-corrected chi connectivity index (χ1v) is 7.96. The molecule has 2 atom stereocenters. The molecule has 2 aromatic carbocycles. The summed E-state index contributed by atoms with van der Waals surface area (Å²) in [4.78, 5) is 23.8. The highest BCUT2D eigenvalue weighted by atomic mass is 16.5. The summed E-state index contributed by atoms with van der Waals surface area (Å²) in [5.41, 5.74) is 2.00. The molecule has 1 heterocycles. The number of rotatable bonds is 6. The van der Waals surface area contributed by atoms with Gasteiger partial charge < -0.3 is 10.1 Å². The molecule has 0 aromatic heterocycles. The first-order valence-electron chi connectivity index (χ1n) is 7.96. The first-order chi connectivity index (χ1) is 11.7. The van der Waals surface area contributed by atoms with Crippen molar-refractivity contribution in [3.8, 4) is 0 Å². The Morgan fingerprint density at radius 3 is 2.38 bits per heavy atom. The smallest absolute Gasteiger partial charge is 0.329 e. The number of β-lactam (4-membered cyclic amide) rings is 1. The van der Waals surface area contributed by atoms with Gasteiger partial charge in [0.2, 0.25) is 5.91 Å². The predicted octanol–water partition coefficient (Wildman–Crippen LogP) is 2.95. The van der Waals surface area contributed by atoms with Crippen LogP contribution in [-0.4, -0.2) is 17.9 Å². The lowest BCUT2D eigenvalue weighted by Crippen LogP contribution is -2.62. The Morgan fingerprint density at radius 1 is 1.04 bits per heavy atom. The zero-order valence-electron chi connectivity index (χ0n) is 13.2. The van der Waals surface area contributed by atoms with Gasteiger partial charge >= 0.3 is 5.97 Å². The highest BCUT2D eigenvalue weighted by molar-refractivity contribution is 5.97. The summed E-state index contributed by atoms with van der Waals surface area (Å²) in [6.45, 7) is 0.221. The molecule has 122 valence electrons. The van der Waals surface area contributed by atoms with Gasteiger partial charge in [0, 0.05) is 0 Å². The number of hydrogen-bond donors (Lipinski definition) is 1. The number of allylic oxidation sites excluding steroid dienone is 1. The molecule has 0 bridgehead atoms. The number of nitrogens with one attached hydrogen (secondary N) is 1. The minimum Gasteiger partial charge on any atom is -0.459 e. The van der Waals surface area contributed by atoms with Gasteiger partial charge in [0.1, 0.15) is 12.6 Å². The molecule has 0 saturated carbocycles. The van der Waals surface area contributed by atoms with Crippen LogP contribution >= 0.6 is 0 Å². The van der Waals surface area contributed by atoms with Crippen molar-refractivity contribution in [2.45, 2.75) is 19.1 Å². The second kappa shape index (κ2) is 7.59. The Bertz CT molecular complexity index is 725. The monoisotopic (exact) mass is 321 g/mol. The molecule has 0 aliphatic carbocycles. The summed E-state index contributed by atoms with van der Waals surface area (Å²) in [5.74, 6) is -0.834. The molecule has 1 fully saturated rings. The fourth-order valence-electron chi connectivity index (χ4n) is 2.62. The third kappa shape index (κ3) is 3.90. The molecular formula is C20H19NO3. The predicted molar refractivity (Wildman–Crippen MR) is 91.8 cm³/mol. The molecule has 1 amide bonds. The number of amides is 1. The van der Waals surface area contributed by atoms with Crippen LogP contribution in [0.4, 0.5) is 0 Å². The van der Waals surface area contributed by atoms with Crippen LogP contribution in [0, 0.1) is 5.92 Å². The third-order valence-electron chi connectivity index (χ3n) is 4.01. The Hall–Kier alpha value is -2.88. The highest BCUT2D eigenvalue weighted by Crippen LogP contribution is 2.22. The van der Waals surface area contributed by atoms with Crippen molar-refractivity contribution in [1.82, 2.24) is 5.32 Å². The molecule has 1 aliphatic rings. The summed E-state index contributed by atoms with van der Waals surface area (Å²) < 4.78 is 5.30. The van der Waals surface area contributed by atoms with Crippen molar-refractivity contribution < 1.29 is 14.3 Å². The Kier molecular flexibility index (Phi) is 5.06. The van der Waals surface area contributed by atoms with Crippen LogP contribution in [0.2, 0.25) is 0 Å². The SMILES string of the molecule is O=C(OCc1ccccc1)[C@H]1NC(=O)[C@@H]1CC=Cc1ccccc1. The van der Waals surface area contributed by atoms with Crippen LogP contribution in [-0.2, 0) is 20.9 Å². The van der Waals surface area contributed by atoms with Crippen LogP contribution in [0.15, 0.2) is 66.7 Å². The number of esters is 1. The maximum Gasteiger partial charge on any atom is 0.329 e. The van der Waals surface area contributed by atoms with Gasteiger partial charge in [-0.1, -0.05) is 72.8 Å². The van der Waals surface area contributed by atoms with Gasteiger partial charge in [0.25, 0.3) is 0 Å². The van der Waals surface area contributed by atoms with Gasteiger partial charge in [-0.3, -0.25) is 4.79 Å². The lowest BCUT2D eigenvalue weighted by molar-refractivity contribution is -0.158. The maximum atomic E-state index is 12.1. The van der Waals surface area contributed by atoms with E-state index in [0.29, 0.717) is 6.42 Å². The van der Waals surface area contributed by atoms with Gasteiger partial charge in [-0.25, -0.2) is 4.79 Å². The number of carbonyl (C=O) groups excluding carboxylic acids is 2. The van der Waals surface area contributed by atoms with E-state index >= 15 is 0 Å². The van der Waals surface area contributed by atoms with Crippen molar-refractivity contribution >= 4 is 18.0 Å². The average Bonchev–Trinajstić information content (AvgIpc) is 2.63. The molecule has 0 unspecified atom stereocenters. The minimum atomic E-state index is -0.554. The highest BCUT2D eigenvalue weighted by Gasteiger charge is 2.44. The van der Waals surface area contributed by atoms with Crippen molar-refractivity contribution in [3.63, 3.8) is 0 Å². The number of hydrogen-bond acceptors (Lipinski definition) is 3. The summed E-state index contributed by atoms with van der Waals surface area (Å²) >= 11 is 0. The second-order valence-electron chi connectivity index (χ2n) is 5.73. The Morgan fingerprint density at radius 2 is 1.71 bits per heavy atom. The Labute approximate surface area is 141 Å². The average molecular weight is 321 g/mol. The normalized spacial score (nSPS) is 19.6. The van der Waals surface area contributed by atoms with E-state index in [9.17, 15) is 9.59 Å². The van der Waals surface area contributed by atoms with Crippen molar-refractivity contribution in [1.29, 1.82) is 0 Å². The topological polar surface area (TPSA) is 55.4 Å². The van der Waals surface area contributed by atoms with Gasteiger partial charge in [0.05, 0.1) is 5.92 Å². The van der Waals surface area contributed by atoms with E-state index in [2.05, 4.69) is 5.32 Å². The molecule has 1 saturated heterocycles. The lowest BCUT2D eigenvalue weighted by atomic mass is 9.87. The van der Waals surface area contributed by atoms with Gasteiger partial charge in [0.15, 0.2) is 0 Å². The van der Waals surface area contributed by atoms with Gasteiger partial charge in [-0.2, -0.15) is 0 Å². The van der Waals surface area contributed by atoms with Crippen LogP contribution < -0.4 is 5.32 Å². The molecule has 1 aliphatic heterocycles. The standard InChI is InChI=1S/C20H19NO3/c22-19-17(13-7-12-15-8-3-1-4-9-15)18(21-19)20(23)24-14-16-10-5-2-6-11-16/h1-12,17-18H,13-14H2,(H,21,22)/t17-,18+/m1/s1. The molecule has 3 rings (SSSR count). The molecule has 0 spiro atoms. The molecule has 0 radical (unpaired) electrons. The molecule has 4 heteroatoms. The van der Waals surface area contributed by atoms with Crippen molar-refractivity contribution in [3.05, 3.63) is 77.9 Å². The number of carbonyl (C=O) groups is 2. The van der Waals surface area contributed by atoms with E-state index in [1.807, 2.05) is 72.8 Å². The summed E-state index contributed by atoms with van der Waals surface area (Å²) in [6.07, 6.45) is 4.40. The van der Waals surface area contributed by atoms with E-state index < -0.39 is 6.04 Å². The lowest BCUT2D eigenvalue weighted by Gasteiger charge is -2.34. The van der Waals surface area contributed by atoms with Gasteiger partial charge in [-0.15, -0.1) is 0 Å². The zero-order valence-corrected chi connectivity index (χ0v) is 13.2. The quantitative estimate of drug-likeness (QED) is 0.657. The molecule has 24 heavy (non-hydrogen) atoms. The van der Waals surface area contributed by atoms with Crippen LogP contribution in [0.1, 0.15) is 17.5 Å². The van der Waals surface area contributed by atoms with Crippen molar-refractivity contribution in [2.24, 2.45) is 5.92 Å². The van der Waals surface area contributed by atoms with Crippen molar-refractivity contribution in [2.75, 3.05) is 0 Å². The summed E-state index contributed by atoms with van der Waals surface area (Å²) in [5, 5.41) is 2.63. The molecule has 4 nitrogen and oxygen atoms in total. The second-order valence-corrected chi connectivity index (χ2v) is 5.73. The van der Waals surface area contributed by atoms with Crippen LogP contribution in [0.25, 0.3) is 6.08 Å². The van der Waals surface area contributed by atoms with Crippen LogP contribution in [0.3, 0.4) is 0 Å². The molecular weight excluding hydrogens is 302 g/mol. The van der Waals surface area contributed by atoms with E-state index in [4.69, 9.17) is 4.74 Å². The van der Waals surface area contributed by atoms with E-state index in [0.717, 1.165) is 11.1 Å².